The Morgan fingerprint density at radius 3 is 1.73 bits per heavy atom. The van der Waals surface area contributed by atoms with E-state index in [0.717, 1.165) is 37.7 Å². The topological polar surface area (TPSA) is 289 Å². The van der Waals surface area contributed by atoms with Crippen molar-refractivity contribution in [3.05, 3.63) is 59.3 Å². The van der Waals surface area contributed by atoms with Gasteiger partial charge in [0.2, 0.25) is 5.91 Å². The highest BCUT2D eigenvalue weighted by molar-refractivity contribution is 5.98. The van der Waals surface area contributed by atoms with Crippen molar-refractivity contribution in [2.75, 3.05) is 127 Å². The average Bonchev–Trinajstić information content (AvgIpc) is 3.97. The van der Waals surface area contributed by atoms with Crippen LogP contribution in [0.4, 0.5) is 0 Å². The second kappa shape index (κ2) is 28.5. The summed E-state index contributed by atoms with van der Waals surface area (Å²) in [6, 6.07) is 12.5. The highest BCUT2D eigenvalue weighted by Gasteiger charge is 2.62. The molecule has 7 N–H and O–H groups in total. The fourth-order valence-corrected chi connectivity index (χ4v) is 12.0. The van der Waals surface area contributed by atoms with Crippen LogP contribution >= 0.6 is 0 Å². The van der Waals surface area contributed by atoms with E-state index in [0.29, 0.717) is 98.0 Å². The first kappa shape index (κ1) is 61.6. The van der Waals surface area contributed by atoms with E-state index < -0.39 is 35.3 Å². The summed E-state index contributed by atoms with van der Waals surface area (Å²) in [6.07, 6.45) is 5.67. The van der Waals surface area contributed by atoms with Gasteiger partial charge in [-0.3, -0.25) is 38.6 Å². The molecule has 23 nitrogen and oxygen atoms in total. The number of likely N-dealkylation sites (N-methyl/N-ethyl adjacent to an activating group) is 1. The molecule has 1 heterocycles. The molecule has 0 spiro atoms. The Morgan fingerprint density at radius 2 is 1.23 bits per heavy atom. The molecule has 79 heavy (non-hydrogen) atoms. The molecule has 4 fully saturated rings. The lowest BCUT2D eigenvalue weighted by Gasteiger charge is -2.59. The average molecular weight is 1100 g/mol. The number of carbonyl (C=O) groups excluding carboxylic acids is 3. The lowest BCUT2D eigenvalue weighted by molar-refractivity contribution is -0.163. The van der Waals surface area contributed by atoms with E-state index in [1.165, 1.54) is 0 Å². The number of aliphatic carboxylic acids is 4. The molecule has 4 bridgehead atoms. The maximum atomic E-state index is 14.5. The van der Waals surface area contributed by atoms with Crippen LogP contribution in [0.15, 0.2) is 42.5 Å². The third kappa shape index (κ3) is 16.0. The van der Waals surface area contributed by atoms with Crippen molar-refractivity contribution < 1.29 is 63.5 Å². The number of benzene rings is 2. The number of carboxylic acid groups (broad SMARTS) is 4. The zero-order chi connectivity index (χ0) is 57.6. The number of carboxylic acids is 4. The molecular formula is C56H82N10O13. The molecular weight excluding hydrogens is 1020 g/mol. The Bertz CT molecular complexity index is 2570. The largest absolute Gasteiger partial charge is 0.496 e. The predicted octanol–water partition coefficient (Wildman–Crippen LogP) is 2.97. The molecule has 0 radical (unpaired) electrons. The Hall–Kier alpha value is -6.66. The summed E-state index contributed by atoms with van der Waals surface area (Å²) < 4.78 is 13.3. The van der Waals surface area contributed by atoms with Gasteiger partial charge in [0.1, 0.15) is 17.0 Å². The number of amides is 3. The van der Waals surface area contributed by atoms with E-state index in [4.69, 9.17) is 19.7 Å². The van der Waals surface area contributed by atoms with Crippen LogP contribution in [0.3, 0.4) is 0 Å². The van der Waals surface area contributed by atoms with Crippen LogP contribution in [-0.4, -0.2) is 229 Å². The second-order valence-corrected chi connectivity index (χ2v) is 21.9. The summed E-state index contributed by atoms with van der Waals surface area (Å²) in [4.78, 5) is 97.2. The molecule has 2 aromatic carbocycles. The minimum absolute atomic E-state index is 0.0457. The number of methoxy groups -OCH3 is 2. The molecule has 0 saturated heterocycles. The summed E-state index contributed by atoms with van der Waals surface area (Å²) in [5, 5.41) is 52.2. The van der Waals surface area contributed by atoms with Gasteiger partial charge in [-0.25, -0.2) is 9.48 Å². The summed E-state index contributed by atoms with van der Waals surface area (Å²) in [6.45, 7) is 7.33. The van der Waals surface area contributed by atoms with Crippen molar-refractivity contribution in [3.8, 4) is 28.4 Å². The van der Waals surface area contributed by atoms with Crippen molar-refractivity contribution in [2.45, 2.75) is 70.3 Å². The molecule has 3 aromatic rings. The normalized spacial score (nSPS) is 19.3. The van der Waals surface area contributed by atoms with E-state index in [9.17, 15) is 48.9 Å². The zero-order valence-corrected chi connectivity index (χ0v) is 46.9. The lowest BCUT2D eigenvalue weighted by Crippen LogP contribution is -2.70. The lowest BCUT2D eigenvalue weighted by atomic mass is 9.48. The van der Waals surface area contributed by atoms with Crippen LogP contribution in [0, 0.1) is 23.7 Å². The molecule has 7 rings (SSSR count). The van der Waals surface area contributed by atoms with Crippen molar-refractivity contribution in [1.82, 2.24) is 50.2 Å². The highest BCUT2D eigenvalue weighted by atomic mass is 16.5. The van der Waals surface area contributed by atoms with E-state index in [1.807, 2.05) is 33.0 Å². The molecule has 0 atom stereocenters. The maximum absolute atomic E-state index is 14.5. The fraction of sp³-hybridized carbons (Fsp3) is 0.607. The van der Waals surface area contributed by atoms with Crippen LogP contribution in [-0.2, 0) is 24.0 Å². The Morgan fingerprint density at radius 1 is 0.684 bits per heavy atom. The fourth-order valence-electron chi connectivity index (χ4n) is 12.0. The van der Waals surface area contributed by atoms with Crippen LogP contribution in [0.5, 0.6) is 11.5 Å². The van der Waals surface area contributed by atoms with Crippen molar-refractivity contribution in [1.29, 1.82) is 0 Å². The number of nitrogens with one attached hydrogen (secondary N) is 3. The van der Waals surface area contributed by atoms with Gasteiger partial charge < -0.3 is 60.5 Å². The van der Waals surface area contributed by atoms with E-state index in [1.54, 1.807) is 82.9 Å². The molecule has 4 aliphatic rings. The van der Waals surface area contributed by atoms with Gasteiger partial charge in [0.25, 0.3) is 11.8 Å². The first-order chi connectivity index (χ1) is 37.6. The van der Waals surface area contributed by atoms with Crippen LogP contribution in [0.25, 0.3) is 16.9 Å². The van der Waals surface area contributed by atoms with Gasteiger partial charge in [-0.15, -0.1) is 0 Å². The van der Waals surface area contributed by atoms with Gasteiger partial charge in [-0.05, 0) is 137 Å². The summed E-state index contributed by atoms with van der Waals surface area (Å²) in [7, 11) is 8.58. The second-order valence-electron chi connectivity index (χ2n) is 21.9. The minimum atomic E-state index is -1.38. The number of rotatable bonds is 34. The molecule has 0 unspecified atom stereocenters. The first-order valence-electron chi connectivity index (χ1n) is 27.4. The summed E-state index contributed by atoms with van der Waals surface area (Å²) in [5.74, 6) is -3.44. The van der Waals surface area contributed by atoms with E-state index >= 15 is 0 Å². The first-order valence-corrected chi connectivity index (χ1v) is 27.4. The van der Waals surface area contributed by atoms with Crippen LogP contribution < -0.4 is 25.4 Å². The number of aromatic nitrogens is 2. The Labute approximate surface area is 462 Å². The van der Waals surface area contributed by atoms with Gasteiger partial charge >= 0.3 is 23.9 Å². The maximum Gasteiger partial charge on any atom is 0.330 e. The molecule has 434 valence electrons. The van der Waals surface area contributed by atoms with Crippen LogP contribution in [0.2, 0.25) is 0 Å². The molecule has 4 aliphatic carbocycles. The van der Waals surface area contributed by atoms with Crippen molar-refractivity contribution in [2.24, 2.45) is 23.7 Å². The number of carbonyl (C=O) groups is 7. The van der Waals surface area contributed by atoms with Gasteiger partial charge in [0.05, 0.1) is 57.3 Å². The molecule has 3 amide bonds. The number of hydrogen-bond acceptors (Lipinski definition) is 15. The highest BCUT2D eigenvalue weighted by Crippen LogP contribution is 2.58. The third-order valence-corrected chi connectivity index (χ3v) is 15.9. The monoisotopic (exact) mass is 1100 g/mol. The Kier molecular flexibility index (Phi) is 22.2. The van der Waals surface area contributed by atoms with Crippen molar-refractivity contribution >= 4 is 41.6 Å². The van der Waals surface area contributed by atoms with Gasteiger partial charge in [-0.1, -0.05) is 19.9 Å². The number of nitrogens with zero attached hydrogens (tertiary/aromatic N) is 7. The van der Waals surface area contributed by atoms with Gasteiger partial charge in [0, 0.05) is 72.0 Å². The smallest absolute Gasteiger partial charge is 0.330 e. The summed E-state index contributed by atoms with van der Waals surface area (Å²) >= 11 is 0. The predicted molar refractivity (Wildman–Crippen MR) is 294 cm³/mol. The van der Waals surface area contributed by atoms with Gasteiger partial charge in [0.15, 0.2) is 5.69 Å². The van der Waals surface area contributed by atoms with E-state index in [2.05, 4.69) is 20.9 Å². The Balaban J connectivity index is 1.01. The minimum Gasteiger partial charge on any atom is -0.496 e. The SMILES string of the molecule is COc1cccc(OC)c1-c1cc(C(=O)NC2(C(=O)O)C3CC4CC(C3)CC2C4)nn1-c1ccc(C(=O)N(C)CCCN(C)CCCN(C)C(=O)CNCCN(CCN(CCNCC(=O)O)CC(=O)O)CC(=O)O)cc1C(C)C. The third-order valence-electron chi connectivity index (χ3n) is 15.9. The zero-order valence-electron chi connectivity index (χ0n) is 46.9. The van der Waals surface area contributed by atoms with Gasteiger partial charge in [-0.2, -0.15) is 5.10 Å². The molecule has 0 aliphatic heterocycles. The quantitative estimate of drug-likeness (QED) is 0.0423. The molecule has 1 aromatic heterocycles. The number of ether oxygens (including phenoxy) is 2. The molecule has 23 heteroatoms. The molecule has 4 saturated carbocycles. The van der Waals surface area contributed by atoms with E-state index in [-0.39, 0.29) is 87.6 Å². The van der Waals surface area contributed by atoms with Crippen molar-refractivity contribution in [3.63, 3.8) is 0 Å². The standard InChI is InChI=1S/C56H82N10O13/c1-36(2)42-30-39(54(75)63(5)20-10-18-61(3)17-9-19-62(4)48(67)32-57-15-21-64(34-50(70)71)23-24-65(35-51(72)73)22-16-58-33-49(68)69)13-14-44(42)66-45(52-46(78-6)11-8-12-47(52)79-7)31-43(60-66)53(74)59-56(55(76)77)40-26-37-25-38(28-40)29-41(56)27-37/h8,11-14,30-31,36-38,40-41,57-58H,9-10,15-29,32-35H2,1-7H3,(H,59,74)(H,68,69)(H,70,71)(H,72,73)(H,76,77). The summed E-state index contributed by atoms with van der Waals surface area (Å²) in [5.41, 5.74) is 1.61. The van der Waals surface area contributed by atoms with Crippen LogP contribution in [0.1, 0.15) is 91.1 Å². The number of hydrogen-bond donors (Lipinski definition) is 7.